The number of aromatic nitrogens is 2. The van der Waals surface area contributed by atoms with Gasteiger partial charge in [0, 0.05) is 7.11 Å². The molecular weight excluding hydrogens is 216 g/mol. The van der Waals surface area contributed by atoms with Crippen molar-refractivity contribution >= 4 is 11.0 Å². The van der Waals surface area contributed by atoms with E-state index in [1.165, 1.54) is 13.2 Å². The molecule has 0 fully saturated rings. The number of ether oxygens (including phenoxy) is 1. The van der Waals surface area contributed by atoms with Crippen LogP contribution in [0.2, 0.25) is 0 Å². The first-order valence-electron chi connectivity index (χ1n) is 4.71. The summed E-state index contributed by atoms with van der Waals surface area (Å²) in [6, 6.07) is 1.98. The van der Waals surface area contributed by atoms with E-state index < -0.39 is 17.7 Å². The fraction of sp³-hybridized carbons (Fsp3) is 0.300. The van der Waals surface area contributed by atoms with Crippen molar-refractivity contribution in [3.05, 3.63) is 29.6 Å². The Kier molecular flexibility index (Phi) is 2.84. The van der Waals surface area contributed by atoms with Crippen LogP contribution in [0.4, 0.5) is 8.78 Å². The number of hydrogen-bond acceptors (Lipinski definition) is 3. The molecule has 2 aromatic rings. The Bertz CT molecular complexity index is 512. The maximum atomic E-state index is 13.3. The molecule has 2 rings (SSSR count). The smallest absolute Gasteiger partial charge is 0.186 e. The molecule has 0 bridgehead atoms. The molecule has 0 radical (unpaired) electrons. The molecule has 0 saturated carbocycles. The monoisotopic (exact) mass is 227 g/mol. The summed E-state index contributed by atoms with van der Waals surface area (Å²) in [5, 5.41) is 0. The van der Waals surface area contributed by atoms with E-state index in [9.17, 15) is 8.78 Å². The number of fused-ring (bicyclic) bond motifs is 1. The zero-order chi connectivity index (χ0) is 11.7. The van der Waals surface area contributed by atoms with E-state index in [1.54, 1.807) is 0 Å². The Morgan fingerprint density at radius 2 is 2.25 bits per heavy atom. The highest BCUT2D eigenvalue weighted by Gasteiger charge is 2.15. The van der Waals surface area contributed by atoms with E-state index in [1.807, 2.05) is 0 Å². The van der Waals surface area contributed by atoms with Gasteiger partial charge in [-0.05, 0) is 12.1 Å². The predicted octanol–water partition coefficient (Wildman–Crippen LogP) is 1.49. The first-order chi connectivity index (χ1) is 7.63. The lowest BCUT2D eigenvalue weighted by Gasteiger charge is -2.05. The molecule has 1 unspecified atom stereocenters. The van der Waals surface area contributed by atoms with Gasteiger partial charge < -0.3 is 15.5 Å². The van der Waals surface area contributed by atoms with Crippen molar-refractivity contribution in [1.29, 1.82) is 0 Å². The molecule has 0 amide bonds. The molecule has 86 valence electrons. The van der Waals surface area contributed by atoms with E-state index in [-0.39, 0.29) is 12.1 Å². The van der Waals surface area contributed by atoms with E-state index in [0.717, 1.165) is 6.07 Å². The Balaban J connectivity index is 2.48. The summed E-state index contributed by atoms with van der Waals surface area (Å²) < 4.78 is 31.1. The number of halogens is 2. The highest BCUT2D eigenvalue weighted by atomic mass is 19.2. The minimum Gasteiger partial charge on any atom is -0.383 e. The van der Waals surface area contributed by atoms with Crippen LogP contribution in [0.3, 0.4) is 0 Å². The van der Waals surface area contributed by atoms with Gasteiger partial charge in [0.15, 0.2) is 11.6 Å². The minimum absolute atomic E-state index is 0.0402. The number of rotatable bonds is 3. The lowest BCUT2D eigenvalue weighted by molar-refractivity contribution is 0.178. The van der Waals surface area contributed by atoms with Gasteiger partial charge in [0.05, 0.1) is 18.2 Å². The fourth-order valence-electron chi connectivity index (χ4n) is 1.47. The van der Waals surface area contributed by atoms with Crippen LogP contribution in [0, 0.1) is 11.6 Å². The molecule has 1 aromatic carbocycles. The number of hydrogen-bond donors (Lipinski definition) is 2. The number of methoxy groups -OCH3 is 1. The fourth-order valence-corrected chi connectivity index (χ4v) is 1.47. The van der Waals surface area contributed by atoms with Gasteiger partial charge in [-0.2, -0.15) is 0 Å². The summed E-state index contributed by atoms with van der Waals surface area (Å²) in [5.74, 6) is -1.52. The van der Waals surface area contributed by atoms with E-state index in [2.05, 4.69) is 9.97 Å². The van der Waals surface area contributed by atoms with Gasteiger partial charge in [0.1, 0.15) is 11.3 Å². The van der Waals surface area contributed by atoms with E-state index in [4.69, 9.17) is 10.5 Å². The first kappa shape index (κ1) is 11.0. The average Bonchev–Trinajstić information content (AvgIpc) is 2.69. The minimum atomic E-state index is -0.968. The SMILES string of the molecule is COCC(N)c1nc2c(F)c(F)ccc2[nH]1. The first-order valence-corrected chi connectivity index (χ1v) is 4.71. The third-order valence-corrected chi connectivity index (χ3v) is 2.26. The molecule has 0 aliphatic carbocycles. The van der Waals surface area contributed by atoms with Crippen LogP contribution in [-0.2, 0) is 4.74 Å². The third kappa shape index (κ3) is 1.77. The molecule has 0 saturated heterocycles. The second-order valence-corrected chi connectivity index (χ2v) is 3.44. The molecule has 0 spiro atoms. The summed E-state index contributed by atoms with van der Waals surface area (Å²) in [7, 11) is 1.50. The molecule has 3 N–H and O–H groups in total. The standard InChI is InChI=1S/C10H11F2N3O/c1-16-4-6(13)10-14-7-3-2-5(11)8(12)9(7)15-10/h2-3,6H,4,13H2,1H3,(H,14,15). The topological polar surface area (TPSA) is 63.9 Å². The van der Waals surface area contributed by atoms with Crippen molar-refractivity contribution in [3.63, 3.8) is 0 Å². The summed E-state index contributed by atoms with van der Waals surface area (Å²) >= 11 is 0. The molecule has 0 aliphatic heterocycles. The molecule has 16 heavy (non-hydrogen) atoms. The van der Waals surface area contributed by atoms with Crippen LogP contribution < -0.4 is 5.73 Å². The Labute approximate surface area is 90.4 Å². The highest BCUT2D eigenvalue weighted by Crippen LogP contribution is 2.20. The second kappa shape index (κ2) is 4.15. The van der Waals surface area contributed by atoms with Crippen molar-refractivity contribution in [2.75, 3.05) is 13.7 Å². The molecule has 1 heterocycles. The summed E-state index contributed by atoms with van der Waals surface area (Å²) in [6.45, 7) is 0.254. The number of benzene rings is 1. The zero-order valence-corrected chi connectivity index (χ0v) is 8.63. The van der Waals surface area contributed by atoms with Crippen LogP contribution >= 0.6 is 0 Å². The van der Waals surface area contributed by atoms with Crippen molar-refractivity contribution in [1.82, 2.24) is 9.97 Å². The van der Waals surface area contributed by atoms with Crippen LogP contribution in [0.5, 0.6) is 0 Å². The third-order valence-electron chi connectivity index (χ3n) is 2.26. The summed E-state index contributed by atoms with van der Waals surface area (Å²) in [6.07, 6.45) is 0. The number of nitrogens with two attached hydrogens (primary N) is 1. The van der Waals surface area contributed by atoms with Gasteiger partial charge in [-0.3, -0.25) is 0 Å². The summed E-state index contributed by atoms with van der Waals surface area (Å²) in [4.78, 5) is 6.74. The predicted molar refractivity (Wildman–Crippen MR) is 54.8 cm³/mol. The largest absolute Gasteiger partial charge is 0.383 e. The van der Waals surface area contributed by atoms with Gasteiger partial charge in [-0.15, -0.1) is 0 Å². The Morgan fingerprint density at radius 1 is 1.50 bits per heavy atom. The van der Waals surface area contributed by atoms with Crippen molar-refractivity contribution in [2.24, 2.45) is 5.73 Å². The molecule has 1 atom stereocenters. The number of nitrogens with zero attached hydrogens (tertiary/aromatic N) is 1. The Hall–Kier alpha value is -1.53. The number of nitrogens with one attached hydrogen (secondary N) is 1. The van der Waals surface area contributed by atoms with Crippen molar-refractivity contribution in [3.8, 4) is 0 Å². The molecular formula is C10H11F2N3O. The number of aromatic amines is 1. The lowest BCUT2D eigenvalue weighted by atomic mass is 10.3. The zero-order valence-electron chi connectivity index (χ0n) is 8.63. The van der Waals surface area contributed by atoms with E-state index in [0.29, 0.717) is 11.3 Å². The van der Waals surface area contributed by atoms with Gasteiger partial charge in [0.2, 0.25) is 0 Å². The van der Waals surface area contributed by atoms with Crippen LogP contribution in [0.1, 0.15) is 11.9 Å². The molecule has 6 heteroatoms. The van der Waals surface area contributed by atoms with E-state index >= 15 is 0 Å². The van der Waals surface area contributed by atoms with Crippen molar-refractivity contribution in [2.45, 2.75) is 6.04 Å². The highest BCUT2D eigenvalue weighted by molar-refractivity contribution is 5.75. The average molecular weight is 227 g/mol. The quantitative estimate of drug-likeness (QED) is 0.834. The number of H-pyrrole nitrogens is 1. The summed E-state index contributed by atoms with van der Waals surface area (Å²) in [5.41, 5.74) is 6.10. The lowest BCUT2D eigenvalue weighted by Crippen LogP contribution is -2.17. The Morgan fingerprint density at radius 3 is 2.94 bits per heavy atom. The van der Waals surface area contributed by atoms with Gasteiger partial charge >= 0.3 is 0 Å². The molecule has 0 aliphatic rings. The maximum absolute atomic E-state index is 13.3. The number of imidazole rings is 1. The van der Waals surface area contributed by atoms with Gasteiger partial charge in [-0.1, -0.05) is 0 Å². The van der Waals surface area contributed by atoms with Gasteiger partial charge in [0.25, 0.3) is 0 Å². The van der Waals surface area contributed by atoms with Crippen LogP contribution in [0.15, 0.2) is 12.1 Å². The second-order valence-electron chi connectivity index (χ2n) is 3.44. The maximum Gasteiger partial charge on any atom is 0.186 e. The van der Waals surface area contributed by atoms with Crippen LogP contribution in [0.25, 0.3) is 11.0 Å². The molecule has 4 nitrogen and oxygen atoms in total. The van der Waals surface area contributed by atoms with Crippen molar-refractivity contribution < 1.29 is 13.5 Å². The normalized spacial score (nSPS) is 13.2. The van der Waals surface area contributed by atoms with Gasteiger partial charge in [-0.25, -0.2) is 13.8 Å². The van der Waals surface area contributed by atoms with Crippen LogP contribution in [-0.4, -0.2) is 23.7 Å². The molecule has 1 aromatic heterocycles.